The summed E-state index contributed by atoms with van der Waals surface area (Å²) in [5.41, 5.74) is 1.18. The molecule has 0 amide bonds. The fraction of sp³-hybridized carbons (Fsp3) is 0.731. The van der Waals surface area contributed by atoms with Gasteiger partial charge >= 0.3 is 11.9 Å². The highest BCUT2D eigenvalue weighted by Crippen LogP contribution is 2.44. The molecule has 0 bridgehead atoms. The van der Waals surface area contributed by atoms with Gasteiger partial charge in [-0.3, -0.25) is 14.2 Å². The number of carbonyl (C=O) groups is 2. The van der Waals surface area contributed by atoms with E-state index in [0.717, 1.165) is 12.8 Å². The second-order valence-corrected chi connectivity index (χ2v) is 11.3. The lowest BCUT2D eigenvalue weighted by Gasteiger charge is -2.24. The lowest BCUT2D eigenvalue weighted by Crippen LogP contribution is -2.34. The van der Waals surface area contributed by atoms with Crippen molar-refractivity contribution in [1.82, 2.24) is 19.5 Å². The Balaban J connectivity index is 1.32. The summed E-state index contributed by atoms with van der Waals surface area (Å²) in [4.78, 5) is 37.6. The molecule has 12 nitrogen and oxygen atoms in total. The van der Waals surface area contributed by atoms with E-state index in [1.54, 1.807) is 20.2 Å². The van der Waals surface area contributed by atoms with E-state index < -0.39 is 30.3 Å². The van der Waals surface area contributed by atoms with Crippen molar-refractivity contribution >= 4 is 28.9 Å². The molecule has 2 aliphatic heterocycles. The first-order valence-corrected chi connectivity index (χ1v) is 13.3. The quantitative estimate of drug-likeness (QED) is 0.504. The van der Waals surface area contributed by atoms with E-state index in [4.69, 9.17) is 23.7 Å². The molecule has 38 heavy (non-hydrogen) atoms. The summed E-state index contributed by atoms with van der Waals surface area (Å²) in [6, 6.07) is 0.0997. The molecule has 3 fully saturated rings. The Bertz CT molecular complexity index is 1180. The molecule has 208 valence electrons. The number of imidazole rings is 1. The van der Waals surface area contributed by atoms with Crippen LogP contribution in [0.5, 0.6) is 0 Å². The summed E-state index contributed by atoms with van der Waals surface area (Å²) in [6.07, 6.45) is 3.45. The highest BCUT2D eigenvalue weighted by Gasteiger charge is 2.56. The minimum atomic E-state index is -0.812. The molecular weight excluding hydrogens is 494 g/mol. The van der Waals surface area contributed by atoms with Gasteiger partial charge in [-0.25, -0.2) is 15.0 Å². The van der Waals surface area contributed by atoms with Crippen molar-refractivity contribution in [3.05, 3.63) is 12.7 Å². The molecule has 0 aromatic carbocycles. The average Bonchev–Trinajstić information content (AvgIpc) is 3.61. The molecule has 2 saturated heterocycles. The van der Waals surface area contributed by atoms with Gasteiger partial charge in [-0.2, -0.15) is 0 Å². The Morgan fingerprint density at radius 2 is 1.82 bits per heavy atom. The maximum atomic E-state index is 12.1. The number of aromatic nitrogens is 4. The van der Waals surface area contributed by atoms with Crippen molar-refractivity contribution in [3.63, 3.8) is 0 Å². The van der Waals surface area contributed by atoms with Crippen LogP contribution in [-0.2, 0) is 33.3 Å². The Morgan fingerprint density at radius 3 is 2.55 bits per heavy atom. The number of hydrogen-bond donors (Lipinski definition) is 1. The standard InChI is InChI=1S/C26H37N5O7/c1-13(2)24(32)34-10-17-19-20(38-26(5,6)37-19)23(36-17)31-12-29-18-21(27-11-28-22(18)31)30-15-7-8-16(9-15)35-25(33)14(3)4/h11-17,19-20,23H,7-10H2,1-6H3,(H,27,28,30)/t15-,16-,17-,19-,20-,23-/m1/s1. The lowest BCUT2D eigenvalue weighted by atomic mass is 10.1. The molecule has 5 rings (SSSR count). The van der Waals surface area contributed by atoms with Crippen LogP contribution >= 0.6 is 0 Å². The van der Waals surface area contributed by atoms with Crippen LogP contribution in [0.1, 0.15) is 67.0 Å². The third kappa shape index (κ3) is 5.34. The van der Waals surface area contributed by atoms with Gasteiger partial charge < -0.3 is 29.0 Å². The van der Waals surface area contributed by atoms with Gasteiger partial charge in [-0.1, -0.05) is 27.7 Å². The number of fused-ring (bicyclic) bond motifs is 2. The first kappa shape index (κ1) is 26.8. The van der Waals surface area contributed by atoms with E-state index in [0.29, 0.717) is 23.4 Å². The zero-order valence-corrected chi connectivity index (χ0v) is 22.7. The second-order valence-electron chi connectivity index (χ2n) is 11.3. The zero-order valence-electron chi connectivity index (χ0n) is 22.7. The van der Waals surface area contributed by atoms with E-state index in [1.165, 1.54) is 6.33 Å². The summed E-state index contributed by atoms with van der Waals surface area (Å²) in [5.74, 6) is -1.06. The molecule has 0 unspecified atom stereocenters. The SMILES string of the molecule is CC(C)C(=O)OC[C@H]1O[C@@H](n2cnc3c(N[C@@H]4CC[C@@H](OC(=O)C(C)C)C4)ncnc32)[C@@H]2OC(C)(C)O[C@@H]21. The third-order valence-electron chi connectivity index (χ3n) is 7.10. The normalized spacial score (nSPS) is 30.2. The predicted octanol–water partition coefficient (Wildman–Crippen LogP) is 2.98. The average molecular weight is 532 g/mol. The second kappa shape index (κ2) is 10.4. The lowest BCUT2D eigenvalue weighted by molar-refractivity contribution is -0.202. The van der Waals surface area contributed by atoms with Crippen LogP contribution in [0, 0.1) is 11.8 Å². The predicted molar refractivity (Wildman–Crippen MR) is 135 cm³/mol. The number of ether oxygens (including phenoxy) is 5. The number of carbonyl (C=O) groups excluding carboxylic acids is 2. The highest BCUT2D eigenvalue weighted by molar-refractivity contribution is 5.83. The van der Waals surface area contributed by atoms with Gasteiger partial charge in [0.25, 0.3) is 0 Å². The van der Waals surface area contributed by atoms with Gasteiger partial charge in [0.2, 0.25) is 0 Å². The van der Waals surface area contributed by atoms with Gasteiger partial charge in [-0.15, -0.1) is 0 Å². The fourth-order valence-electron chi connectivity index (χ4n) is 5.16. The molecule has 3 aliphatic rings. The minimum absolute atomic E-state index is 0.0623. The van der Waals surface area contributed by atoms with E-state index >= 15 is 0 Å². The summed E-state index contributed by atoms with van der Waals surface area (Å²) in [6.45, 7) is 11.0. The molecule has 2 aromatic heterocycles. The van der Waals surface area contributed by atoms with Crippen LogP contribution in [0.25, 0.3) is 11.2 Å². The fourth-order valence-corrected chi connectivity index (χ4v) is 5.16. The number of hydrogen-bond acceptors (Lipinski definition) is 11. The van der Waals surface area contributed by atoms with Crippen LogP contribution in [0.3, 0.4) is 0 Å². The smallest absolute Gasteiger partial charge is 0.308 e. The minimum Gasteiger partial charge on any atom is -0.463 e. The van der Waals surface area contributed by atoms with E-state index in [9.17, 15) is 9.59 Å². The van der Waals surface area contributed by atoms with Gasteiger partial charge in [0.15, 0.2) is 29.0 Å². The first-order valence-electron chi connectivity index (χ1n) is 13.3. The van der Waals surface area contributed by atoms with Crippen molar-refractivity contribution < 1.29 is 33.3 Å². The maximum absolute atomic E-state index is 12.1. The molecule has 4 heterocycles. The molecule has 12 heteroatoms. The van der Waals surface area contributed by atoms with E-state index in [2.05, 4.69) is 20.3 Å². The number of esters is 2. The number of rotatable bonds is 8. The van der Waals surface area contributed by atoms with Crippen molar-refractivity contribution in [2.45, 2.75) is 103 Å². The topological polar surface area (TPSA) is 136 Å². The Hall–Kier alpha value is -2.83. The summed E-state index contributed by atoms with van der Waals surface area (Å²) in [7, 11) is 0. The summed E-state index contributed by atoms with van der Waals surface area (Å²) in [5, 5.41) is 3.46. The molecule has 2 aromatic rings. The molecule has 0 radical (unpaired) electrons. The van der Waals surface area contributed by atoms with Crippen molar-refractivity contribution in [3.8, 4) is 0 Å². The van der Waals surface area contributed by atoms with Crippen molar-refractivity contribution in [2.75, 3.05) is 11.9 Å². The monoisotopic (exact) mass is 531 g/mol. The highest BCUT2D eigenvalue weighted by atomic mass is 16.8. The zero-order chi connectivity index (χ0) is 27.2. The third-order valence-corrected chi connectivity index (χ3v) is 7.10. The molecule has 6 atom stereocenters. The Labute approximate surface area is 221 Å². The van der Waals surface area contributed by atoms with Crippen molar-refractivity contribution in [1.29, 1.82) is 0 Å². The van der Waals surface area contributed by atoms with Gasteiger partial charge in [0.05, 0.1) is 18.2 Å². The Kier molecular flexibility index (Phi) is 7.31. The van der Waals surface area contributed by atoms with Gasteiger partial charge in [0, 0.05) is 12.5 Å². The van der Waals surface area contributed by atoms with Gasteiger partial charge in [-0.05, 0) is 26.7 Å². The van der Waals surface area contributed by atoms with Crippen LogP contribution in [0.4, 0.5) is 5.82 Å². The van der Waals surface area contributed by atoms with Gasteiger partial charge in [0.1, 0.15) is 37.4 Å². The van der Waals surface area contributed by atoms with E-state index in [1.807, 2.05) is 32.3 Å². The molecular formula is C26H37N5O7. The largest absolute Gasteiger partial charge is 0.463 e. The number of anilines is 1. The van der Waals surface area contributed by atoms with Crippen LogP contribution in [0.15, 0.2) is 12.7 Å². The summed E-state index contributed by atoms with van der Waals surface area (Å²) < 4.78 is 31.5. The van der Waals surface area contributed by atoms with Crippen LogP contribution < -0.4 is 5.32 Å². The molecule has 1 aliphatic carbocycles. The first-order chi connectivity index (χ1) is 18.0. The molecule has 0 spiro atoms. The molecule has 1 N–H and O–H groups in total. The van der Waals surface area contributed by atoms with Crippen LogP contribution in [-0.4, -0.2) is 74.3 Å². The van der Waals surface area contributed by atoms with E-state index in [-0.39, 0.29) is 42.5 Å². The molecule has 1 saturated carbocycles. The number of nitrogens with zero attached hydrogens (tertiary/aromatic N) is 4. The van der Waals surface area contributed by atoms with Crippen LogP contribution in [0.2, 0.25) is 0 Å². The summed E-state index contributed by atoms with van der Waals surface area (Å²) >= 11 is 0. The maximum Gasteiger partial charge on any atom is 0.308 e. The number of nitrogens with one attached hydrogen (secondary N) is 1. The Morgan fingerprint density at radius 1 is 1.08 bits per heavy atom. The van der Waals surface area contributed by atoms with Crippen molar-refractivity contribution in [2.24, 2.45) is 11.8 Å².